The molecule has 1 aliphatic rings. The standard InChI is InChI=1S/C8H12N2S/c1-6-4-11-10-7(6)8(5-9)2-3-8/h4H,2-3,5,9H2,1H3. The van der Waals surface area contributed by atoms with Crippen molar-refractivity contribution in [1.29, 1.82) is 0 Å². The minimum atomic E-state index is 0.282. The van der Waals surface area contributed by atoms with E-state index in [9.17, 15) is 0 Å². The zero-order chi connectivity index (χ0) is 7.90. The Morgan fingerprint density at radius 3 is 2.82 bits per heavy atom. The van der Waals surface area contributed by atoms with Crippen molar-refractivity contribution >= 4 is 11.5 Å². The summed E-state index contributed by atoms with van der Waals surface area (Å²) in [7, 11) is 0. The van der Waals surface area contributed by atoms with Gasteiger partial charge in [-0.3, -0.25) is 0 Å². The zero-order valence-electron chi connectivity index (χ0n) is 6.63. The molecule has 1 aromatic rings. The molecule has 1 fully saturated rings. The van der Waals surface area contributed by atoms with E-state index < -0.39 is 0 Å². The summed E-state index contributed by atoms with van der Waals surface area (Å²) in [5, 5.41) is 2.10. The quantitative estimate of drug-likeness (QED) is 0.725. The summed E-state index contributed by atoms with van der Waals surface area (Å²) in [6.45, 7) is 2.88. The summed E-state index contributed by atoms with van der Waals surface area (Å²) in [5.41, 5.74) is 8.55. The van der Waals surface area contributed by atoms with Gasteiger partial charge in [-0.2, -0.15) is 4.37 Å². The van der Waals surface area contributed by atoms with Crippen LogP contribution in [0.5, 0.6) is 0 Å². The van der Waals surface area contributed by atoms with E-state index in [1.165, 1.54) is 24.1 Å². The summed E-state index contributed by atoms with van der Waals surface area (Å²) < 4.78 is 4.38. The van der Waals surface area contributed by atoms with Gasteiger partial charge in [0.15, 0.2) is 0 Å². The Morgan fingerprint density at radius 1 is 1.73 bits per heavy atom. The Morgan fingerprint density at radius 2 is 2.45 bits per heavy atom. The molecule has 1 aliphatic carbocycles. The van der Waals surface area contributed by atoms with E-state index in [0.717, 1.165) is 6.54 Å². The minimum absolute atomic E-state index is 0.282. The van der Waals surface area contributed by atoms with E-state index >= 15 is 0 Å². The van der Waals surface area contributed by atoms with Gasteiger partial charge in [-0.05, 0) is 36.9 Å². The average molecular weight is 168 g/mol. The molecule has 0 saturated heterocycles. The fraction of sp³-hybridized carbons (Fsp3) is 0.625. The molecule has 0 radical (unpaired) electrons. The Balaban J connectivity index is 2.35. The Hall–Kier alpha value is -0.410. The first-order valence-corrected chi connectivity index (χ1v) is 4.74. The predicted molar refractivity (Wildman–Crippen MR) is 46.8 cm³/mol. The van der Waals surface area contributed by atoms with Gasteiger partial charge in [0.1, 0.15) is 0 Å². The third-order valence-corrected chi connectivity index (χ3v) is 3.24. The molecule has 1 heterocycles. The van der Waals surface area contributed by atoms with E-state index in [2.05, 4.69) is 16.7 Å². The van der Waals surface area contributed by atoms with Gasteiger partial charge < -0.3 is 5.73 Å². The fourth-order valence-corrected chi connectivity index (χ4v) is 2.25. The van der Waals surface area contributed by atoms with Crippen LogP contribution >= 0.6 is 11.5 Å². The Bertz CT molecular complexity index is 263. The van der Waals surface area contributed by atoms with Crippen LogP contribution in [0.4, 0.5) is 0 Å². The van der Waals surface area contributed by atoms with Crippen molar-refractivity contribution < 1.29 is 0 Å². The summed E-state index contributed by atoms with van der Waals surface area (Å²) in [5.74, 6) is 0. The molecule has 0 bridgehead atoms. The second-order valence-corrected chi connectivity index (χ2v) is 3.96. The molecule has 2 rings (SSSR count). The molecular formula is C8H12N2S. The van der Waals surface area contributed by atoms with Gasteiger partial charge in [0.2, 0.25) is 0 Å². The van der Waals surface area contributed by atoms with Crippen LogP contribution in [0, 0.1) is 6.92 Å². The van der Waals surface area contributed by atoms with Crippen molar-refractivity contribution in [2.75, 3.05) is 6.54 Å². The van der Waals surface area contributed by atoms with Crippen molar-refractivity contribution in [3.8, 4) is 0 Å². The smallest absolute Gasteiger partial charge is 0.0645 e. The van der Waals surface area contributed by atoms with Gasteiger partial charge in [0, 0.05) is 17.3 Å². The van der Waals surface area contributed by atoms with Gasteiger partial charge in [-0.15, -0.1) is 0 Å². The molecule has 0 amide bonds. The molecule has 60 valence electrons. The molecule has 0 spiro atoms. The third-order valence-electron chi connectivity index (χ3n) is 2.49. The van der Waals surface area contributed by atoms with Crippen LogP contribution in [0.1, 0.15) is 24.1 Å². The average Bonchev–Trinajstić information content (AvgIpc) is 2.70. The monoisotopic (exact) mass is 168 g/mol. The lowest BCUT2D eigenvalue weighted by molar-refractivity contribution is 0.682. The predicted octanol–water partition coefficient (Wildman–Crippen LogP) is 1.44. The van der Waals surface area contributed by atoms with Crippen LogP contribution in [-0.2, 0) is 5.41 Å². The van der Waals surface area contributed by atoms with Crippen LogP contribution < -0.4 is 5.73 Å². The molecule has 0 aliphatic heterocycles. The SMILES string of the molecule is Cc1csnc1C1(CN)CC1. The number of hydrogen-bond acceptors (Lipinski definition) is 3. The minimum Gasteiger partial charge on any atom is -0.330 e. The molecule has 2 N–H and O–H groups in total. The first-order valence-electron chi connectivity index (χ1n) is 3.90. The second kappa shape index (κ2) is 2.29. The molecule has 11 heavy (non-hydrogen) atoms. The Kier molecular flexibility index (Phi) is 1.51. The molecule has 1 aromatic heterocycles. The summed E-state index contributed by atoms with van der Waals surface area (Å²) in [6.07, 6.45) is 2.46. The van der Waals surface area contributed by atoms with Crippen LogP contribution in [0.2, 0.25) is 0 Å². The first-order chi connectivity index (χ1) is 5.28. The highest BCUT2D eigenvalue weighted by Gasteiger charge is 2.45. The molecule has 0 atom stereocenters. The number of aryl methyl sites for hydroxylation is 1. The molecule has 0 aromatic carbocycles. The molecular weight excluding hydrogens is 156 g/mol. The van der Waals surface area contributed by atoms with E-state index in [1.807, 2.05) is 0 Å². The highest BCUT2D eigenvalue weighted by molar-refractivity contribution is 7.03. The largest absolute Gasteiger partial charge is 0.330 e. The van der Waals surface area contributed by atoms with E-state index in [1.54, 1.807) is 11.5 Å². The van der Waals surface area contributed by atoms with Gasteiger partial charge in [-0.1, -0.05) is 0 Å². The number of rotatable bonds is 2. The van der Waals surface area contributed by atoms with Crippen LogP contribution in [0.25, 0.3) is 0 Å². The maximum absolute atomic E-state index is 5.69. The summed E-state index contributed by atoms with van der Waals surface area (Å²) in [6, 6.07) is 0. The fourth-order valence-electron chi connectivity index (χ4n) is 1.49. The van der Waals surface area contributed by atoms with Gasteiger partial charge in [0.05, 0.1) is 5.69 Å². The zero-order valence-corrected chi connectivity index (χ0v) is 7.45. The van der Waals surface area contributed by atoms with E-state index in [0.29, 0.717) is 0 Å². The van der Waals surface area contributed by atoms with Crippen molar-refractivity contribution in [2.24, 2.45) is 5.73 Å². The van der Waals surface area contributed by atoms with Gasteiger partial charge >= 0.3 is 0 Å². The highest BCUT2D eigenvalue weighted by Crippen LogP contribution is 2.47. The van der Waals surface area contributed by atoms with Gasteiger partial charge in [0.25, 0.3) is 0 Å². The lowest BCUT2D eigenvalue weighted by atomic mass is 10.0. The molecule has 3 heteroatoms. The number of aromatic nitrogens is 1. The lowest BCUT2D eigenvalue weighted by Crippen LogP contribution is -2.20. The van der Waals surface area contributed by atoms with E-state index in [4.69, 9.17) is 5.73 Å². The maximum Gasteiger partial charge on any atom is 0.0645 e. The number of nitrogens with two attached hydrogens (primary N) is 1. The van der Waals surface area contributed by atoms with Crippen LogP contribution in [0.15, 0.2) is 5.38 Å². The molecule has 0 unspecified atom stereocenters. The lowest BCUT2D eigenvalue weighted by Gasteiger charge is -2.08. The summed E-state index contributed by atoms with van der Waals surface area (Å²) >= 11 is 1.54. The molecule has 1 saturated carbocycles. The number of hydrogen-bond donors (Lipinski definition) is 1. The highest BCUT2D eigenvalue weighted by atomic mass is 32.1. The normalized spacial score (nSPS) is 20.2. The van der Waals surface area contributed by atoms with Crippen molar-refractivity contribution in [3.63, 3.8) is 0 Å². The third kappa shape index (κ3) is 0.993. The topological polar surface area (TPSA) is 38.9 Å². The summed E-state index contributed by atoms with van der Waals surface area (Å²) in [4.78, 5) is 0. The Labute approximate surface area is 70.6 Å². The van der Waals surface area contributed by atoms with Crippen LogP contribution in [-0.4, -0.2) is 10.9 Å². The van der Waals surface area contributed by atoms with Crippen molar-refractivity contribution in [3.05, 3.63) is 16.6 Å². The number of nitrogens with zero attached hydrogens (tertiary/aromatic N) is 1. The molecule has 2 nitrogen and oxygen atoms in total. The first kappa shape index (κ1) is 7.25. The van der Waals surface area contributed by atoms with Crippen molar-refractivity contribution in [1.82, 2.24) is 4.37 Å². The maximum atomic E-state index is 5.69. The van der Waals surface area contributed by atoms with E-state index in [-0.39, 0.29) is 5.41 Å². The van der Waals surface area contributed by atoms with Gasteiger partial charge in [-0.25, -0.2) is 0 Å². The van der Waals surface area contributed by atoms with Crippen molar-refractivity contribution in [2.45, 2.75) is 25.2 Å². The van der Waals surface area contributed by atoms with Crippen LogP contribution in [0.3, 0.4) is 0 Å². The second-order valence-electron chi connectivity index (χ2n) is 3.33.